The van der Waals surface area contributed by atoms with Crippen molar-refractivity contribution in [2.24, 2.45) is 5.92 Å². The molecule has 2 N–H and O–H groups in total. The summed E-state index contributed by atoms with van der Waals surface area (Å²) < 4.78 is 5.53. The summed E-state index contributed by atoms with van der Waals surface area (Å²) in [6.07, 6.45) is 3.47. The standard InChI is InChI=1S/C13H27NO2/c1-5-6-10-7-12(10)14-8-11(15)9-16-13(2,3)4/h10-12,14-15H,5-9H2,1-4H3. The van der Waals surface area contributed by atoms with Crippen molar-refractivity contribution in [3.8, 4) is 0 Å². The maximum Gasteiger partial charge on any atom is 0.0898 e. The van der Waals surface area contributed by atoms with Gasteiger partial charge >= 0.3 is 0 Å². The summed E-state index contributed by atoms with van der Waals surface area (Å²) in [5, 5.41) is 13.1. The Balaban J connectivity index is 2.01. The Morgan fingerprint density at radius 2 is 2.12 bits per heavy atom. The second-order valence-electron chi connectivity index (χ2n) is 5.88. The molecule has 0 amide bonds. The van der Waals surface area contributed by atoms with Gasteiger partial charge in [0.1, 0.15) is 0 Å². The molecule has 0 heterocycles. The third-order valence-corrected chi connectivity index (χ3v) is 2.91. The Morgan fingerprint density at radius 3 is 2.69 bits per heavy atom. The quantitative estimate of drug-likeness (QED) is 0.701. The van der Waals surface area contributed by atoms with Crippen LogP contribution in [0.1, 0.15) is 47.0 Å². The lowest BCUT2D eigenvalue weighted by Gasteiger charge is -2.22. The predicted octanol–water partition coefficient (Wildman–Crippen LogP) is 1.94. The van der Waals surface area contributed by atoms with Crippen molar-refractivity contribution in [2.45, 2.75) is 64.7 Å². The van der Waals surface area contributed by atoms with Crippen LogP contribution in [0.25, 0.3) is 0 Å². The zero-order chi connectivity index (χ0) is 12.2. The van der Waals surface area contributed by atoms with Gasteiger partial charge in [0.25, 0.3) is 0 Å². The van der Waals surface area contributed by atoms with Gasteiger partial charge in [-0.15, -0.1) is 0 Å². The van der Waals surface area contributed by atoms with Crippen LogP contribution in [-0.4, -0.2) is 36.0 Å². The number of hydrogen-bond acceptors (Lipinski definition) is 3. The first-order valence-electron chi connectivity index (χ1n) is 6.47. The first-order chi connectivity index (χ1) is 7.42. The normalized spacial score (nSPS) is 26.8. The predicted molar refractivity (Wildman–Crippen MR) is 66.5 cm³/mol. The summed E-state index contributed by atoms with van der Waals surface area (Å²) in [5.41, 5.74) is -0.161. The van der Waals surface area contributed by atoms with Gasteiger partial charge in [-0.25, -0.2) is 0 Å². The molecule has 1 aliphatic rings. The molecule has 0 saturated heterocycles. The van der Waals surface area contributed by atoms with Crippen LogP contribution in [0, 0.1) is 5.92 Å². The molecular weight excluding hydrogens is 202 g/mol. The molecule has 1 fully saturated rings. The van der Waals surface area contributed by atoms with Gasteiger partial charge in [-0.2, -0.15) is 0 Å². The molecule has 0 spiro atoms. The highest BCUT2D eigenvalue weighted by Crippen LogP contribution is 2.34. The fourth-order valence-corrected chi connectivity index (χ4v) is 1.88. The molecule has 3 unspecified atom stereocenters. The zero-order valence-corrected chi connectivity index (χ0v) is 11.1. The Labute approximate surface area is 99.6 Å². The molecule has 3 atom stereocenters. The van der Waals surface area contributed by atoms with E-state index in [4.69, 9.17) is 4.74 Å². The maximum atomic E-state index is 9.72. The van der Waals surface area contributed by atoms with E-state index in [-0.39, 0.29) is 11.7 Å². The topological polar surface area (TPSA) is 41.5 Å². The minimum Gasteiger partial charge on any atom is -0.389 e. The number of aliphatic hydroxyl groups is 1. The third kappa shape index (κ3) is 5.83. The molecular formula is C13H27NO2. The fraction of sp³-hybridized carbons (Fsp3) is 1.00. The van der Waals surface area contributed by atoms with Crippen LogP contribution in [0.2, 0.25) is 0 Å². The van der Waals surface area contributed by atoms with E-state index in [1.807, 2.05) is 20.8 Å². The van der Waals surface area contributed by atoms with Gasteiger partial charge in [0.2, 0.25) is 0 Å². The second-order valence-corrected chi connectivity index (χ2v) is 5.88. The lowest BCUT2D eigenvalue weighted by molar-refractivity contribution is -0.0479. The van der Waals surface area contributed by atoms with Crippen molar-refractivity contribution in [3.05, 3.63) is 0 Å². The molecule has 3 nitrogen and oxygen atoms in total. The van der Waals surface area contributed by atoms with E-state index in [9.17, 15) is 5.11 Å². The average molecular weight is 229 g/mol. The number of nitrogens with one attached hydrogen (secondary N) is 1. The maximum absolute atomic E-state index is 9.72. The first-order valence-corrected chi connectivity index (χ1v) is 6.47. The number of ether oxygens (including phenoxy) is 1. The molecule has 0 aromatic carbocycles. The summed E-state index contributed by atoms with van der Waals surface area (Å²) in [7, 11) is 0. The van der Waals surface area contributed by atoms with Crippen LogP contribution < -0.4 is 5.32 Å². The van der Waals surface area contributed by atoms with E-state index in [0.717, 1.165) is 5.92 Å². The first kappa shape index (κ1) is 13.9. The van der Waals surface area contributed by atoms with Crippen molar-refractivity contribution < 1.29 is 9.84 Å². The SMILES string of the molecule is CCCC1CC1NCC(O)COC(C)(C)C. The molecule has 0 bridgehead atoms. The highest BCUT2D eigenvalue weighted by atomic mass is 16.5. The van der Waals surface area contributed by atoms with Crippen molar-refractivity contribution in [2.75, 3.05) is 13.2 Å². The lowest BCUT2D eigenvalue weighted by Crippen LogP contribution is -2.35. The summed E-state index contributed by atoms with van der Waals surface area (Å²) in [5.74, 6) is 0.848. The molecule has 0 aromatic rings. The smallest absolute Gasteiger partial charge is 0.0898 e. The van der Waals surface area contributed by atoms with Gasteiger partial charge in [-0.05, 0) is 39.5 Å². The molecule has 96 valence electrons. The summed E-state index contributed by atoms with van der Waals surface area (Å²) >= 11 is 0. The van der Waals surface area contributed by atoms with Gasteiger partial charge in [0.05, 0.1) is 18.3 Å². The number of rotatable bonds is 7. The van der Waals surface area contributed by atoms with E-state index in [1.54, 1.807) is 0 Å². The van der Waals surface area contributed by atoms with Gasteiger partial charge in [0.15, 0.2) is 0 Å². The highest BCUT2D eigenvalue weighted by molar-refractivity contribution is 4.92. The van der Waals surface area contributed by atoms with Gasteiger partial charge in [-0.3, -0.25) is 0 Å². The van der Waals surface area contributed by atoms with Crippen molar-refractivity contribution in [1.82, 2.24) is 5.32 Å². The molecule has 1 rings (SSSR count). The zero-order valence-electron chi connectivity index (χ0n) is 11.1. The molecule has 1 aliphatic carbocycles. The molecule has 16 heavy (non-hydrogen) atoms. The largest absolute Gasteiger partial charge is 0.389 e. The van der Waals surface area contributed by atoms with Crippen molar-refractivity contribution >= 4 is 0 Å². The Bertz CT molecular complexity index is 201. The van der Waals surface area contributed by atoms with Crippen LogP contribution in [-0.2, 0) is 4.74 Å². The van der Waals surface area contributed by atoms with E-state index in [2.05, 4.69) is 12.2 Å². The monoisotopic (exact) mass is 229 g/mol. The summed E-state index contributed by atoms with van der Waals surface area (Å²) in [6.45, 7) is 9.31. The highest BCUT2D eigenvalue weighted by Gasteiger charge is 2.35. The van der Waals surface area contributed by atoms with Crippen LogP contribution >= 0.6 is 0 Å². The van der Waals surface area contributed by atoms with E-state index >= 15 is 0 Å². The molecule has 0 aliphatic heterocycles. The Hall–Kier alpha value is -0.120. The van der Waals surface area contributed by atoms with E-state index < -0.39 is 0 Å². The third-order valence-electron chi connectivity index (χ3n) is 2.91. The van der Waals surface area contributed by atoms with Crippen LogP contribution in [0.4, 0.5) is 0 Å². The fourth-order valence-electron chi connectivity index (χ4n) is 1.88. The van der Waals surface area contributed by atoms with E-state index in [1.165, 1.54) is 19.3 Å². The lowest BCUT2D eigenvalue weighted by atomic mass is 10.2. The van der Waals surface area contributed by atoms with Gasteiger partial charge in [-0.1, -0.05) is 13.3 Å². The minimum absolute atomic E-state index is 0.161. The van der Waals surface area contributed by atoms with Crippen molar-refractivity contribution in [3.63, 3.8) is 0 Å². The van der Waals surface area contributed by atoms with Gasteiger partial charge < -0.3 is 15.2 Å². The minimum atomic E-state index is -0.387. The Kier molecular flexibility index (Phi) is 5.22. The number of aliphatic hydroxyl groups excluding tert-OH is 1. The average Bonchev–Trinajstić information content (AvgIpc) is 2.90. The summed E-state index contributed by atoms with van der Waals surface area (Å²) in [4.78, 5) is 0. The molecule has 3 heteroatoms. The molecule has 1 saturated carbocycles. The van der Waals surface area contributed by atoms with Crippen LogP contribution in [0.5, 0.6) is 0 Å². The van der Waals surface area contributed by atoms with E-state index in [0.29, 0.717) is 19.2 Å². The summed E-state index contributed by atoms with van der Waals surface area (Å²) in [6, 6.07) is 0.643. The molecule has 0 aromatic heterocycles. The van der Waals surface area contributed by atoms with Crippen molar-refractivity contribution in [1.29, 1.82) is 0 Å². The van der Waals surface area contributed by atoms with Crippen LogP contribution in [0.15, 0.2) is 0 Å². The Morgan fingerprint density at radius 1 is 1.44 bits per heavy atom. The molecule has 0 radical (unpaired) electrons. The second kappa shape index (κ2) is 5.99. The number of hydrogen-bond donors (Lipinski definition) is 2. The van der Waals surface area contributed by atoms with Crippen LogP contribution in [0.3, 0.4) is 0 Å². The van der Waals surface area contributed by atoms with Gasteiger partial charge in [0, 0.05) is 12.6 Å².